The minimum absolute atomic E-state index is 1.04. The molecule has 0 saturated carbocycles. The molecule has 1 aliphatic rings. The summed E-state index contributed by atoms with van der Waals surface area (Å²) in [5.41, 5.74) is 0. The molecule has 10 heavy (non-hydrogen) atoms. The number of hydrogen-bond acceptors (Lipinski definition) is 3. The zero-order valence-corrected chi connectivity index (χ0v) is 6.34. The molecule has 0 aromatic carbocycles. The summed E-state index contributed by atoms with van der Waals surface area (Å²) in [6.45, 7) is 1.04. The smallest absolute Gasteiger partial charge is 0.112 e. The summed E-state index contributed by atoms with van der Waals surface area (Å²) in [6, 6.07) is 4.14. The number of rotatable bonds is 1. The molecular weight excluding hydrogens is 144 g/mol. The van der Waals surface area contributed by atoms with Crippen LogP contribution in [0.5, 0.6) is 0 Å². The number of hydrogen-bond donors (Lipinski definition) is 0. The van der Waals surface area contributed by atoms with Crippen molar-refractivity contribution in [3.05, 3.63) is 17.5 Å². The molecule has 2 heterocycles. The Morgan fingerprint density at radius 1 is 1.60 bits per heavy atom. The molecule has 0 amide bonds. The molecule has 0 unspecified atom stereocenters. The van der Waals surface area contributed by atoms with Gasteiger partial charge in [0.05, 0.1) is 0 Å². The highest BCUT2D eigenvalue weighted by Gasteiger charge is 2.07. The summed E-state index contributed by atoms with van der Waals surface area (Å²) in [6.07, 6.45) is 3.04. The van der Waals surface area contributed by atoms with E-state index in [0.29, 0.717) is 0 Å². The van der Waals surface area contributed by atoms with Gasteiger partial charge in [0.15, 0.2) is 0 Å². The highest BCUT2D eigenvalue weighted by Crippen LogP contribution is 2.22. The Kier molecular flexibility index (Phi) is 1.43. The number of hydrazone groups is 1. The third-order valence-electron chi connectivity index (χ3n) is 1.45. The van der Waals surface area contributed by atoms with Gasteiger partial charge in [-0.1, -0.05) is 0 Å². The van der Waals surface area contributed by atoms with Crippen LogP contribution in [0.15, 0.2) is 22.6 Å². The van der Waals surface area contributed by atoms with Crippen molar-refractivity contribution >= 4 is 22.6 Å². The van der Waals surface area contributed by atoms with E-state index in [2.05, 4.69) is 16.5 Å². The van der Waals surface area contributed by atoms with Crippen LogP contribution in [0.1, 0.15) is 6.42 Å². The topological polar surface area (TPSA) is 15.6 Å². The molecule has 0 bridgehead atoms. The number of thiophene rings is 1. The standard InChI is InChI=1S/C7H8N2S/c1-3-7(10-6-1)9-5-2-4-8-9/h1,3-4,6H,2,5H2. The van der Waals surface area contributed by atoms with Crippen LogP contribution in [-0.4, -0.2) is 12.8 Å². The Bertz CT molecular complexity index is 228. The molecule has 0 saturated heterocycles. The van der Waals surface area contributed by atoms with Gasteiger partial charge in [-0.15, -0.1) is 11.3 Å². The van der Waals surface area contributed by atoms with Crippen molar-refractivity contribution in [2.45, 2.75) is 6.42 Å². The van der Waals surface area contributed by atoms with Crippen molar-refractivity contribution < 1.29 is 0 Å². The largest absolute Gasteiger partial charge is 0.255 e. The third kappa shape index (κ3) is 0.926. The Balaban J connectivity index is 2.20. The van der Waals surface area contributed by atoms with E-state index in [-0.39, 0.29) is 0 Å². The van der Waals surface area contributed by atoms with Crippen molar-refractivity contribution in [3.63, 3.8) is 0 Å². The van der Waals surface area contributed by atoms with Gasteiger partial charge in [-0.3, -0.25) is 5.01 Å². The SMILES string of the molecule is C1=NN(c2cccs2)CC1. The maximum absolute atomic E-state index is 4.20. The minimum atomic E-state index is 1.04. The first-order valence-electron chi connectivity index (χ1n) is 3.30. The molecule has 2 nitrogen and oxygen atoms in total. The van der Waals surface area contributed by atoms with Crippen LogP contribution in [-0.2, 0) is 0 Å². The van der Waals surface area contributed by atoms with E-state index in [4.69, 9.17) is 0 Å². The Hall–Kier alpha value is -0.830. The minimum Gasteiger partial charge on any atom is -0.255 e. The lowest BCUT2D eigenvalue weighted by molar-refractivity contribution is 0.934. The van der Waals surface area contributed by atoms with E-state index in [1.807, 2.05) is 17.3 Å². The molecule has 0 fully saturated rings. The normalized spacial score (nSPS) is 16.6. The highest BCUT2D eigenvalue weighted by molar-refractivity contribution is 7.14. The summed E-state index contributed by atoms with van der Waals surface area (Å²) in [4.78, 5) is 0. The van der Waals surface area contributed by atoms with Crippen molar-refractivity contribution in [3.8, 4) is 0 Å². The van der Waals surface area contributed by atoms with Gasteiger partial charge in [0.1, 0.15) is 5.00 Å². The molecule has 0 atom stereocenters. The van der Waals surface area contributed by atoms with E-state index in [1.54, 1.807) is 11.3 Å². The van der Waals surface area contributed by atoms with Gasteiger partial charge in [-0.2, -0.15) is 5.10 Å². The van der Waals surface area contributed by atoms with E-state index in [0.717, 1.165) is 13.0 Å². The zero-order chi connectivity index (χ0) is 6.81. The molecule has 0 spiro atoms. The molecular formula is C7H8N2S. The number of nitrogens with zero attached hydrogens (tertiary/aromatic N) is 2. The molecule has 1 aliphatic heterocycles. The van der Waals surface area contributed by atoms with Crippen LogP contribution in [0.2, 0.25) is 0 Å². The third-order valence-corrected chi connectivity index (χ3v) is 2.33. The van der Waals surface area contributed by atoms with Crippen molar-refractivity contribution in [1.29, 1.82) is 0 Å². The Morgan fingerprint density at radius 2 is 2.60 bits per heavy atom. The van der Waals surface area contributed by atoms with Gasteiger partial charge in [0, 0.05) is 19.2 Å². The maximum atomic E-state index is 4.20. The van der Waals surface area contributed by atoms with Gasteiger partial charge >= 0.3 is 0 Å². The van der Waals surface area contributed by atoms with Crippen LogP contribution >= 0.6 is 11.3 Å². The summed E-state index contributed by atoms with van der Waals surface area (Å²) in [7, 11) is 0. The van der Waals surface area contributed by atoms with Crippen LogP contribution < -0.4 is 5.01 Å². The van der Waals surface area contributed by atoms with E-state index < -0.39 is 0 Å². The number of anilines is 1. The average Bonchev–Trinajstić information content (AvgIpc) is 2.59. The van der Waals surface area contributed by atoms with Crippen LogP contribution in [0, 0.1) is 0 Å². The first kappa shape index (κ1) is 5.92. The van der Waals surface area contributed by atoms with Crippen molar-refractivity contribution in [2.75, 3.05) is 11.6 Å². The first-order chi connectivity index (χ1) is 4.97. The second kappa shape index (κ2) is 2.42. The predicted molar refractivity (Wildman–Crippen MR) is 44.8 cm³/mol. The van der Waals surface area contributed by atoms with Gasteiger partial charge in [0.25, 0.3) is 0 Å². The van der Waals surface area contributed by atoms with Crippen molar-refractivity contribution in [1.82, 2.24) is 0 Å². The Morgan fingerprint density at radius 3 is 3.20 bits per heavy atom. The second-order valence-electron chi connectivity index (χ2n) is 2.16. The van der Waals surface area contributed by atoms with Crippen LogP contribution in [0.25, 0.3) is 0 Å². The van der Waals surface area contributed by atoms with Gasteiger partial charge in [0.2, 0.25) is 0 Å². The highest BCUT2D eigenvalue weighted by atomic mass is 32.1. The zero-order valence-electron chi connectivity index (χ0n) is 5.53. The van der Waals surface area contributed by atoms with Crippen LogP contribution in [0.3, 0.4) is 0 Å². The monoisotopic (exact) mass is 152 g/mol. The van der Waals surface area contributed by atoms with Gasteiger partial charge in [-0.25, -0.2) is 0 Å². The fraction of sp³-hybridized carbons (Fsp3) is 0.286. The summed E-state index contributed by atoms with van der Waals surface area (Å²) >= 11 is 1.73. The second-order valence-corrected chi connectivity index (χ2v) is 3.09. The molecule has 1 aromatic heterocycles. The molecule has 0 N–H and O–H groups in total. The quantitative estimate of drug-likeness (QED) is 0.600. The van der Waals surface area contributed by atoms with Gasteiger partial charge < -0.3 is 0 Å². The molecule has 0 aliphatic carbocycles. The molecule has 2 rings (SSSR count). The molecule has 3 heteroatoms. The average molecular weight is 152 g/mol. The van der Waals surface area contributed by atoms with Gasteiger partial charge in [-0.05, 0) is 17.5 Å². The summed E-state index contributed by atoms with van der Waals surface area (Å²) in [5, 5.41) is 9.55. The summed E-state index contributed by atoms with van der Waals surface area (Å²) in [5.74, 6) is 0. The lowest BCUT2D eigenvalue weighted by Crippen LogP contribution is -2.09. The summed E-state index contributed by atoms with van der Waals surface area (Å²) < 4.78 is 0. The first-order valence-corrected chi connectivity index (χ1v) is 4.18. The van der Waals surface area contributed by atoms with E-state index in [9.17, 15) is 0 Å². The lowest BCUT2D eigenvalue weighted by Gasteiger charge is -2.08. The van der Waals surface area contributed by atoms with E-state index >= 15 is 0 Å². The Labute approximate surface area is 63.8 Å². The molecule has 1 aromatic rings. The predicted octanol–water partition coefficient (Wildman–Crippen LogP) is 1.94. The van der Waals surface area contributed by atoms with Crippen molar-refractivity contribution in [2.24, 2.45) is 5.10 Å². The fourth-order valence-corrected chi connectivity index (χ4v) is 1.69. The van der Waals surface area contributed by atoms with E-state index in [1.165, 1.54) is 5.00 Å². The molecule has 0 radical (unpaired) electrons. The lowest BCUT2D eigenvalue weighted by atomic mass is 10.5. The fourth-order valence-electron chi connectivity index (χ4n) is 0.978. The molecule has 52 valence electrons. The maximum Gasteiger partial charge on any atom is 0.112 e. The van der Waals surface area contributed by atoms with Crippen LogP contribution in [0.4, 0.5) is 5.00 Å².